The van der Waals surface area contributed by atoms with E-state index in [0.29, 0.717) is 36.3 Å². The van der Waals surface area contributed by atoms with E-state index in [-0.39, 0.29) is 29.3 Å². The lowest BCUT2D eigenvalue weighted by molar-refractivity contribution is -0.121. The molecule has 0 aliphatic heterocycles. The van der Waals surface area contributed by atoms with Gasteiger partial charge in [0, 0.05) is 45.3 Å². The van der Waals surface area contributed by atoms with Gasteiger partial charge in [-0.05, 0) is 35.6 Å². The first-order chi connectivity index (χ1) is 18.4. The second-order valence-electron chi connectivity index (χ2n) is 9.84. The van der Waals surface area contributed by atoms with Gasteiger partial charge in [0.15, 0.2) is 9.84 Å². The zero-order chi connectivity index (χ0) is 28.6. The summed E-state index contributed by atoms with van der Waals surface area (Å²) in [5, 5.41) is 5.16. The quantitative estimate of drug-likeness (QED) is 0.298. The molecule has 0 aliphatic rings. The van der Waals surface area contributed by atoms with E-state index in [9.17, 15) is 22.0 Å². The van der Waals surface area contributed by atoms with E-state index in [4.69, 9.17) is 0 Å². The van der Waals surface area contributed by atoms with Gasteiger partial charge in [0.1, 0.15) is 11.6 Å². The van der Waals surface area contributed by atoms with Crippen molar-refractivity contribution in [1.29, 1.82) is 0 Å². The van der Waals surface area contributed by atoms with Crippen LogP contribution in [0.1, 0.15) is 78.9 Å². The van der Waals surface area contributed by atoms with Crippen LogP contribution in [0.2, 0.25) is 0 Å². The van der Waals surface area contributed by atoms with Gasteiger partial charge in [-0.15, -0.1) is 0 Å². The fraction of sp³-hybridized carbons (Fsp3) is 0.414. The summed E-state index contributed by atoms with van der Waals surface area (Å²) in [4.78, 5) is 20.6. The van der Waals surface area contributed by atoms with E-state index in [1.165, 1.54) is 6.26 Å². The van der Waals surface area contributed by atoms with Crippen LogP contribution in [0.25, 0.3) is 0 Å². The Labute approximate surface area is 234 Å². The molecule has 0 aliphatic carbocycles. The summed E-state index contributed by atoms with van der Waals surface area (Å²) < 4.78 is 53.1. The maximum atomic E-state index is 14.4. The van der Waals surface area contributed by atoms with E-state index in [1.54, 1.807) is 31.2 Å². The van der Waals surface area contributed by atoms with Gasteiger partial charge >= 0.3 is 0 Å². The van der Waals surface area contributed by atoms with Crippen molar-refractivity contribution in [2.45, 2.75) is 70.7 Å². The number of carbonyl (C=O) groups excluding carboxylic acids is 1. The van der Waals surface area contributed by atoms with Crippen LogP contribution in [0.5, 0.6) is 0 Å². The van der Waals surface area contributed by atoms with Crippen LogP contribution in [0.4, 0.5) is 14.6 Å². The highest BCUT2D eigenvalue weighted by Crippen LogP contribution is 2.32. The van der Waals surface area contributed by atoms with Crippen LogP contribution in [-0.2, 0) is 40.1 Å². The second-order valence-corrected chi connectivity index (χ2v) is 12.2. The Kier molecular flexibility index (Phi) is 11.7. The third kappa shape index (κ3) is 9.34. The summed E-state index contributed by atoms with van der Waals surface area (Å²) in [6.45, 7) is 4.94. The number of halogens is 2. The topological polar surface area (TPSA) is 133 Å². The van der Waals surface area contributed by atoms with Crippen molar-refractivity contribution in [3.63, 3.8) is 0 Å². The Morgan fingerprint density at radius 3 is 2.45 bits per heavy atom. The number of amides is 1. The van der Waals surface area contributed by atoms with Crippen LogP contribution in [0, 0.1) is 0 Å². The molecule has 0 saturated carbocycles. The number of rotatable bonds is 13. The second kappa shape index (κ2) is 14.3. The average molecular weight is 577 g/mol. The van der Waals surface area contributed by atoms with E-state index < -0.39 is 21.0 Å². The van der Waals surface area contributed by atoms with Crippen LogP contribution >= 0.6 is 0 Å². The first kappa shape index (κ1) is 32.8. The molecule has 0 fully saturated rings. The van der Waals surface area contributed by atoms with Crippen molar-refractivity contribution < 1.29 is 27.5 Å². The smallest absolute Gasteiger partial charge is 0.275 e. The Bertz CT molecular complexity index is 1390. The Hall–Kier alpha value is -3.44. The summed E-state index contributed by atoms with van der Waals surface area (Å²) in [5.41, 5.74) is 2.73. The first-order valence-electron chi connectivity index (χ1n) is 13.0. The predicted octanol–water partition coefficient (Wildman–Crippen LogP) is 4.88. The molecule has 3 aromatic rings. The first-order valence-corrected chi connectivity index (χ1v) is 14.9. The van der Waals surface area contributed by atoms with Crippen molar-refractivity contribution in [2.24, 2.45) is 0 Å². The minimum Gasteiger partial charge on any atom is -0.412 e. The van der Waals surface area contributed by atoms with Crippen LogP contribution in [0.15, 0.2) is 54.7 Å². The number of aromatic nitrogens is 2. The Morgan fingerprint density at radius 1 is 1.07 bits per heavy atom. The molecule has 0 spiro atoms. The number of hydrogen-bond donors (Lipinski definition) is 2. The Balaban J connectivity index is 0.00000560. The molecule has 0 radical (unpaired) electrons. The number of anilines is 1. The van der Waals surface area contributed by atoms with Gasteiger partial charge in [-0.25, -0.2) is 27.2 Å². The number of sulfone groups is 1. The molecule has 1 amide bonds. The summed E-state index contributed by atoms with van der Waals surface area (Å²) in [5.74, 6) is -2.83. The molecule has 3 rings (SSSR count). The number of carbonyl (C=O) groups is 1. The largest absolute Gasteiger partial charge is 0.412 e. The molecule has 1 atom stereocenters. The molecule has 1 heterocycles. The highest BCUT2D eigenvalue weighted by molar-refractivity contribution is 7.90. The highest BCUT2D eigenvalue weighted by Gasteiger charge is 2.30. The SMILES string of the molecule is CCCCC(=O)NCc1cccc(Cc2ncc(C(C)(F)F)c(NCc3ccccc3C(C)S(C)(=O)=O)n2)c1.O. The minimum atomic E-state index is -3.35. The average Bonchev–Trinajstić information content (AvgIpc) is 2.88. The lowest BCUT2D eigenvalue weighted by atomic mass is 10.0. The summed E-state index contributed by atoms with van der Waals surface area (Å²) >= 11 is 0. The van der Waals surface area contributed by atoms with Gasteiger partial charge in [-0.1, -0.05) is 61.9 Å². The van der Waals surface area contributed by atoms with E-state index in [2.05, 4.69) is 20.6 Å². The number of nitrogens with zero attached hydrogens (tertiary/aromatic N) is 2. The molecule has 8 nitrogen and oxygen atoms in total. The summed E-state index contributed by atoms with van der Waals surface area (Å²) in [7, 11) is -3.35. The molecule has 1 unspecified atom stereocenters. The van der Waals surface area contributed by atoms with Gasteiger partial charge in [-0.3, -0.25) is 4.79 Å². The molecule has 1 aromatic heterocycles. The van der Waals surface area contributed by atoms with E-state index in [0.717, 1.165) is 37.1 Å². The van der Waals surface area contributed by atoms with Gasteiger partial charge in [0.25, 0.3) is 5.92 Å². The Morgan fingerprint density at radius 2 is 1.77 bits per heavy atom. The van der Waals surface area contributed by atoms with Gasteiger partial charge in [0.05, 0.1) is 10.8 Å². The normalized spacial score (nSPS) is 12.3. The number of hydrogen-bond acceptors (Lipinski definition) is 6. The molecule has 4 N–H and O–H groups in total. The lowest BCUT2D eigenvalue weighted by Gasteiger charge is -2.19. The minimum absolute atomic E-state index is 0. The summed E-state index contributed by atoms with van der Waals surface area (Å²) in [6.07, 6.45) is 4.90. The molecule has 40 heavy (non-hydrogen) atoms. The van der Waals surface area contributed by atoms with Crippen molar-refractivity contribution >= 4 is 21.6 Å². The fourth-order valence-electron chi connectivity index (χ4n) is 4.12. The molecule has 0 saturated heterocycles. The van der Waals surface area contributed by atoms with Crippen molar-refractivity contribution in [3.8, 4) is 0 Å². The van der Waals surface area contributed by atoms with Crippen LogP contribution < -0.4 is 10.6 Å². The number of alkyl halides is 2. The zero-order valence-electron chi connectivity index (χ0n) is 23.3. The van der Waals surface area contributed by atoms with Gasteiger partial charge in [-0.2, -0.15) is 0 Å². The standard InChI is InChI=1S/C29H36F2N4O3S.H2O/c1-5-6-14-27(36)33-17-22-11-9-10-21(15-22)16-26-32-19-25(29(3,30)31)28(35-26)34-18-23-12-7-8-13-24(23)20(2)39(4,37)38;/h7-13,15,19-20H,5-6,14,16-18H2,1-4H3,(H,33,36)(H,32,34,35);1H2. The van der Waals surface area contributed by atoms with Crippen molar-refractivity contribution in [2.75, 3.05) is 11.6 Å². The summed E-state index contributed by atoms with van der Waals surface area (Å²) in [6, 6.07) is 14.6. The third-order valence-electron chi connectivity index (χ3n) is 6.49. The van der Waals surface area contributed by atoms with Crippen molar-refractivity contribution in [3.05, 3.63) is 88.4 Å². The van der Waals surface area contributed by atoms with E-state index in [1.807, 2.05) is 31.2 Å². The van der Waals surface area contributed by atoms with Gasteiger partial charge < -0.3 is 16.1 Å². The number of benzene rings is 2. The monoisotopic (exact) mass is 576 g/mol. The molecule has 2 aromatic carbocycles. The highest BCUT2D eigenvalue weighted by atomic mass is 32.2. The number of unbranched alkanes of at least 4 members (excludes halogenated alkanes) is 1. The fourth-order valence-corrected chi connectivity index (χ4v) is 4.81. The molecular formula is C29H38F2N4O4S. The molecular weight excluding hydrogens is 538 g/mol. The van der Waals surface area contributed by atoms with Crippen molar-refractivity contribution in [1.82, 2.24) is 15.3 Å². The maximum Gasteiger partial charge on any atom is 0.275 e. The molecule has 0 bridgehead atoms. The van der Waals surface area contributed by atoms with Crippen LogP contribution in [0.3, 0.4) is 0 Å². The molecule has 11 heteroatoms. The zero-order valence-corrected chi connectivity index (χ0v) is 24.1. The maximum absolute atomic E-state index is 14.4. The predicted molar refractivity (Wildman–Crippen MR) is 153 cm³/mol. The molecule has 218 valence electrons. The third-order valence-corrected chi connectivity index (χ3v) is 8.03. The number of nitrogens with one attached hydrogen (secondary N) is 2. The van der Waals surface area contributed by atoms with Gasteiger partial charge in [0.2, 0.25) is 5.91 Å². The van der Waals surface area contributed by atoms with E-state index >= 15 is 0 Å². The lowest BCUT2D eigenvalue weighted by Crippen LogP contribution is -2.22. The van der Waals surface area contributed by atoms with Crippen LogP contribution in [-0.4, -0.2) is 36.0 Å².